The van der Waals surface area contributed by atoms with E-state index in [0.717, 1.165) is 61.3 Å². The highest BCUT2D eigenvalue weighted by Gasteiger charge is 2.39. The quantitative estimate of drug-likeness (QED) is 0.178. The molecule has 7 aromatic carbocycles. The molecule has 0 saturated carbocycles. The number of rotatable bonds is 6. The van der Waals surface area contributed by atoms with Gasteiger partial charge in [-0.1, -0.05) is 140 Å². The molecule has 2 heterocycles. The molecule has 242 valence electrons. The number of hydrogen-bond donors (Lipinski definition) is 0. The van der Waals surface area contributed by atoms with E-state index in [1.807, 2.05) is 6.07 Å². The van der Waals surface area contributed by atoms with Gasteiger partial charge in [-0.25, -0.2) is 0 Å². The van der Waals surface area contributed by atoms with E-state index in [1.54, 1.807) is 0 Å². The van der Waals surface area contributed by atoms with Crippen molar-refractivity contribution < 1.29 is 4.42 Å². The minimum Gasteiger partial charge on any atom is -0.455 e. The third kappa shape index (κ3) is 4.81. The summed E-state index contributed by atoms with van der Waals surface area (Å²) in [4.78, 5) is 4.94. The van der Waals surface area contributed by atoms with Crippen molar-refractivity contribution in [2.45, 2.75) is 12.0 Å². The van der Waals surface area contributed by atoms with Gasteiger partial charge in [-0.2, -0.15) is 0 Å². The third-order valence-corrected chi connectivity index (χ3v) is 10.4. The second kappa shape index (κ2) is 12.1. The summed E-state index contributed by atoms with van der Waals surface area (Å²) in [5.41, 5.74) is 13.4. The van der Waals surface area contributed by atoms with Crippen LogP contribution in [-0.2, 0) is 0 Å². The van der Waals surface area contributed by atoms with E-state index in [0.29, 0.717) is 0 Å². The standard InChI is InChI=1S/C48H34N2O/c1-4-16-33(17-5-1)37-24-15-28-44(47(37)42-26-14-25-41-40-23-11-13-29-46(40)51-48(41)42)49(34-18-6-2-7-19-34)36-30-31-39-38-22-10-12-27-43(38)50(45(39)32-36)35-20-8-3-9-21-35/h1-32,39,45H. The van der Waals surface area contributed by atoms with Crippen LogP contribution in [0.15, 0.2) is 204 Å². The Kier molecular flexibility index (Phi) is 6.95. The van der Waals surface area contributed by atoms with Crippen LogP contribution in [0.1, 0.15) is 11.5 Å². The van der Waals surface area contributed by atoms with Gasteiger partial charge >= 0.3 is 0 Å². The van der Waals surface area contributed by atoms with Gasteiger partial charge in [-0.05, 0) is 71.3 Å². The van der Waals surface area contributed by atoms with Gasteiger partial charge in [0.2, 0.25) is 0 Å². The minimum atomic E-state index is 0.107. The van der Waals surface area contributed by atoms with Crippen LogP contribution in [0.2, 0.25) is 0 Å². The molecule has 1 aliphatic heterocycles. The molecule has 1 aromatic heterocycles. The molecule has 2 aliphatic rings. The van der Waals surface area contributed by atoms with E-state index < -0.39 is 0 Å². The number of para-hydroxylation sites is 5. The number of hydrogen-bond acceptors (Lipinski definition) is 3. The molecule has 3 heteroatoms. The average molecular weight is 655 g/mol. The predicted molar refractivity (Wildman–Crippen MR) is 212 cm³/mol. The smallest absolute Gasteiger partial charge is 0.143 e. The number of anilines is 4. The summed E-state index contributed by atoms with van der Waals surface area (Å²) in [5.74, 6) is 0.238. The molecule has 51 heavy (non-hydrogen) atoms. The number of benzene rings is 7. The van der Waals surface area contributed by atoms with Crippen molar-refractivity contribution in [3.05, 3.63) is 205 Å². The molecule has 8 aromatic rings. The molecule has 0 amide bonds. The monoisotopic (exact) mass is 654 g/mol. The first-order valence-electron chi connectivity index (χ1n) is 17.6. The maximum absolute atomic E-state index is 6.72. The summed E-state index contributed by atoms with van der Waals surface area (Å²) < 4.78 is 6.72. The van der Waals surface area contributed by atoms with E-state index in [9.17, 15) is 0 Å². The highest BCUT2D eigenvalue weighted by molar-refractivity contribution is 6.12. The fraction of sp³-hybridized carbons (Fsp3) is 0.0417. The highest BCUT2D eigenvalue weighted by Crippen LogP contribution is 2.51. The lowest BCUT2D eigenvalue weighted by molar-refractivity contribution is 0.670. The van der Waals surface area contributed by atoms with Crippen LogP contribution in [0, 0.1) is 0 Å². The Morgan fingerprint density at radius 3 is 2.06 bits per heavy atom. The lowest BCUT2D eigenvalue weighted by Gasteiger charge is -2.35. The second-order valence-electron chi connectivity index (χ2n) is 13.2. The van der Waals surface area contributed by atoms with Crippen LogP contribution >= 0.6 is 0 Å². The van der Waals surface area contributed by atoms with E-state index in [4.69, 9.17) is 4.42 Å². The first-order chi connectivity index (χ1) is 25.3. The second-order valence-corrected chi connectivity index (χ2v) is 13.2. The van der Waals surface area contributed by atoms with Crippen molar-refractivity contribution in [3.63, 3.8) is 0 Å². The number of fused-ring (bicyclic) bond motifs is 6. The number of nitrogens with zero attached hydrogens (tertiary/aromatic N) is 2. The summed E-state index contributed by atoms with van der Waals surface area (Å²) in [7, 11) is 0. The van der Waals surface area contributed by atoms with Crippen LogP contribution in [0.3, 0.4) is 0 Å². The molecule has 0 spiro atoms. The van der Waals surface area contributed by atoms with Crippen LogP contribution in [0.5, 0.6) is 0 Å². The first kappa shape index (κ1) is 29.3. The molecule has 2 atom stereocenters. The lowest BCUT2D eigenvalue weighted by Crippen LogP contribution is -2.31. The Hall–Kier alpha value is -6.58. The van der Waals surface area contributed by atoms with Crippen LogP contribution in [-0.4, -0.2) is 6.04 Å². The van der Waals surface area contributed by atoms with E-state index in [2.05, 4.69) is 198 Å². The third-order valence-electron chi connectivity index (χ3n) is 10.4. The Morgan fingerprint density at radius 1 is 0.549 bits per heavy atom. The summed E-state index contributed by atoms with van der Waals surface area (Å²) in [6.45, 7) is 0. The summed E-state index contributed by atoms with van der Waals surface area (Å²) in [6, 6.07) is 62.8. The van der Waals surface area contributed by atoms with E-state index >= 15 is 0 Å². The topological polar surface area (TPSA) is 19.6 Å². The maximum Gasteiger partial charge on any atom is 0.143 e. The molecule has 2 unspecified atom stereocenters. The molecular weight excluding hydrogens is 621 g/mol. The average Bonchev–Trinajstić information content (AvgIpc) is 3.75. The van der Waals surface area contributed by atoms with Gasteiger partial charge in [0.25, 0.3) is 0 Å². The highest BCUT2D eigenvalue weighted by atomic mass is 16.3. The maximum atomic E-state index is 6.72. The fourth-order valence-electron chi connectivity index (χ4n) is 8.19. The fourth-order valence-corrected chi connectivity index (χ4v) is 8.19. The van der Waals surface area contributed by atoms with Gasteiger partial charge in [0.05, 0.1) is 11.7 Å². The van der Waals surface area contributed by atoms with Gasteiger partial charge in [0.15, 0.2) is 0 Å². The number of allylic oxidation sites excluding steroid dienone is 1. The molecule has 0 bridgehead atoms. The van der Waals surface area contributed by atoms with Gasteiger partial charge in [0, 0.05) is 50.6 Å². The lowest BCUT2D eigenvalue weighted by atomic mass is 9.88. The zero-order chi connectivity index (χ0) is 33.7. The van der Waals surface area contributed by atoms with Gasteiger partial charge < -0.3 is 14.2 Å². The molecular formula is C48H34N2O. The molecule has 0 saturated heterocycles. The molecule has 1 aliphatic carbocycles. The Balaban J connectivity index is 1.23. The summed E-state index contributed by atoms with van der Waals surface area (Å²) in [6.07, 6.45) is 7.18. The zero-order valence-electron chi connectivity index (χ0n) is 27.9. The minimum absolute atomic E-state index is 0.107. The molecule has 0 fully saturated rings. The van der Waals surface area contributed by atoms with Crippen molar-refractivity contribution in [1.29, 1.82) is 0 Å². The van der Waals surface area contributed by atoms with E-state index in [1.165, 1.54) is 16.9 Å². The summed E-state index contributed by atoms with van der Waals surface area (Å²) in [5, 5.41) is 2.24. The van der Waals surface area contributed by atoms with Gasteiger partial charge in [-0.15, -0.1) is 0 Å². The van der Waals surface area contributed by atoms with E-state index in [-0.39, 0.29) is 12.0 Å². The molecule has 10 rings (SSSR count). The summed E-state index contributed by atoms with van der Waals surface area (Å²) >= 11 is 0. The predicted octanol–water partition coefficient (Wildman–Crippen LogP) is 12.8. The molecule has 0 N–H and O–H groups in total. The van der Waals surface area contributed by atoms with Crippen LogP contribution < -0.4 is 9.80 Å². The zero-order valence-corrected chi connectivity index (χ0v) is 27.9. The SMILES string of the molecule is C1=CC2c3ccccc3N(c3ccccc3)C2C=C1N(c1ccccc1)c1cccc(-c2ccccc2)c1-c1cccc2c1oc1ccccc12. The van der Waals surface area contributed by atoms with Crippen molar-refractivity contribution in [3.8, 4) is 22.3 Å². The molecule has 3 nitrogen and oxygen atoms in total. The number of furan rings is 1. The first-order valence-corrected chi connectivity index (χ1v) is 17.6. The normalized spacial score (nSPS) is 16.2. The van der Waals surface area contributed by atoms with Crippen molar-refractivity contribution in [2.75, 3.05) is 9.80 Å². The van der Waals surface area contributed by atoms with Crippen molar-refractivity contribution >= 4 is 44.7 Å². The van der Waals surface area contributed by atoms with Gasteiger partial charge in [0.1, 0.15) is 11.2 Å². The van der Waals surface area contributed by atoms with Gasteiger partial charge in [-0.3, -0.25) is 0 Å². The Morgan fingerprint density at radius 2 is 1.22 bits per heavy atom. The van der Waals surface area contributed by atoms with Crippen LogP contribution in [0.25, 0.3) is 44.2 Å². The largest absolute Gasteiger partial charge is 0.455 e. The van der Waals surface area contributed by atoms with Crippen molar-refractivity contribution in [2.24, 2.45) is 0 Å². The molecule has 0 radical (unpaired) electrons. The van der Waals surface area contributed by atoms with Crippen molar-refractivity contribution in [1.82, 2.24) is 0 Å². The van der Waals surface area contributed by atoms with Crippen LogP contribution in [0.4, 0.5) is 22.7 Å². The Labute approximate surface area is 297 Å². The Bertz CT molecular complexity index is 2600.